The minimum Gasteiger partial charge on any atom is -0.768 e. The SMILES string of the molecule is O=S([O-])c1cnc(Cl)c(C(F)(F)F)c1.[Na+]. The molecule has 1 aromatic heterocycles. The standard InChI is InChI=1S/C6H3ClF3NO2S.Na/c7-5-4(6(8,9)10)1-3(2-11-5)14(12)13;/h1-2H,(H,12,13);/q;+1/p-1. The zero-order valence-electron chi connectivity index (χ0n) is 7.34. The van der Waals surface area contributed by atoms with Crippen LogP contribution >= 0.6 is 11.6 Å². The maximum atomic E-state index is 12.2. The van der Waals surface area contributed by atoms with Crippen molar-refractivity contribution in [2.24, 2.45) is 0 Å². The first-order chi connectivity index (χ1) is 6.32. The average Bonchev–Trinajstić information content (AvgIpc) is 2.02. The number of alkyl halides is 3. The Hall–Kier alpha value is 0.340. The van der Waals surface area contributed by atoms with Gasteiger partial charge in [0.1, 0.15) is 5.15 Å². The van der Waals surface area contributed by atoms with Crippen molar-refractivity contribution in [2.75, 3.05) is 0 Å². The van der Waals surface area contributed by atoms with Gasteiger partial charge in [-0.3, -0.25) is 4.21 Å². The molecule has 78 valence electrons. The topological polar surface area (TPSA) is 53.0 Å². The minimum atomic E-state index is -4.71. The Morgan fingerprint density at radius 3 is 2.40 bits per heavy atom. The fourth-order valence-corrected chi connectivity index (χ4v) is 1.28. The van der Waals surface area contributed by atoms with Gasteiger partial charge in [0.2, 0.25) is 0 Å². The molecule has 1 unspecified atom stereocenters. The van der Waals surface area contributed by atoms with Gasteiger partial charge in [0.05, 0.1) is 5.56 Å². The Labute approximate surface area is 113 Å². The summed E-state index contributed by atoms with van der Waals surface area (Å²) in [6.45, 7) is 0. The number of hydrogen-bond acceptors (Lipinski definition) is 3. The summed E-state index contributed by atoms with van der Waals surface area (Å²) < 4.78 is 57.2. The van der Waals surface area contributed by atoms with E-state index < -0.39 is 32.9 Å². The van der Waals surface area contributed by atoms with Crippen LogP contribution in [0.2, 0.25) is 5.15 Å². The summed E-state index contributed by atoms with van der Waals surface area (Å²) in [5, 5.41) is -0.772. The Bertz CT molecular complexity index is 387. The number of hydrogen-bond donors (Lipinski definition) is 0. The molecule has 0 N–H and O–H groups in total. The number of aromatic nitrogens is 1. The Kier molecular flexibility index (Phi) is 5.73. The van der Waals surface area contributed by atoms with E-state index in [1.165, 1.54) is 0 Å². The summed E-state index contributed by atoms with van der Waals surface area (Å²) in [7, 11) is 0. The van der Waals surface area contributed by atoms with E-state index in [2.05, 4.69) is 4.98 Å². The summed E-state index contributed by atoms with van der Waals surface area (Å²) in [5.74, 6) is 0. The molecular weight excluding hydrogens is 266 g/mol. The Morgan fingerprint density at radius 2 is 2.00 bits per heavy atom. The van der Waals surface area contributed by atoms with Crippen LogP contribution in [0.5, 0.6) is 0 Å². The third-order valence-electron chi connectivity index (χ3n) is 1.31. The van der Waals surface area contributed by atoms with Gasteiger partial charge in [-0.15, -0.1) is 0 Å². The van der Waals surface area contributed by atoms with Gasteiger partial charge in [-0.2, -0.15) is 13.2 Å². The van der Waals surface area contributed by atoms with Crippen LogP contribution in [0.15, 0.2) is 17.2 Å². The van der Waals surface area contributed by atoms with Crippen molar-refractivity contribution in [1.29, 1.82) is 0 Å². The molecule has 0 aliphatic rings. The van der Waals surface area contributed by atoms with E-state index in [0.717, 1.165) is 6.20 Å². The summed E-state index contributed by atoms with van der Waals surface area (Å²) in [6, 6.07) is 0.429. The summed E-state index contributed by atoms with van der Waals surface area (Å²) in [6.07, 6.45) is -3.96. The van der Waals surface area contributed by atoms with Gasteiger partial charge in [-0.25, -0.2) is 4.98 Å². The molecule has 0 aliphatic carbocycles. The Balaban J connectivity index is 0.00000196. The van der Waals surface area contributed by atoms with Crippen LogP contribution < -0.4 is 29.6 Å². The third kappa shape index (κ3) is 4.01. The van der Waals surface area contributed by atoms with Crippen LogP contribution in [-0.2, 0) is 17.3 Å². The normalized spacial score (nSPS) is 13.1. The van der Waals surface area contributed by atoms with Gasteiger partial charge in [0.15, 0.2) is 0 Å². The van der Waals surface area contributed by atoms with E-state index in [-0.39, 0.29) is 29.6 Å². The molecule has 3 nitrogen and oxygen atoms in total. The van der Waals surface area contributed by atoms with Gasteiger partial charge in [0.25, 0.3) is 0 Å². The third-order valence-corrected chi connectivity index (χ3v) is 2.22. The average molecular weight is 268 g/mol. The summed E-state index contributed by atoms with van der Waals surface area (Å²) in [4.78, 5) is 2.57. The van der Waals surface area contributed by atoms with Crippen LogP contribution in [0.3, 0.4) is 0 Å². The molecule has 0 bridgehead atoms. The maximum absolute atomic E-state index is 12.2. The van der Waals surface area contributed by atoms with Crippen molar-refractivity contribution in [3.05, 3.63) is 23.0 Å². The van der Waals surface area contributed by atoms with Crippen molar-refractivity contribution in [1.82, 2.24) is 4.98 Å². The predicted octanol–water partition coefficient (Wildman–Crippen LogP) is -1.00. The smallest absolute Gasteiger partial charge is 0.768 e. The molecule has 0 aromatic carbocycles. The first kappa shape index (κ1) is 15.3. The molecule has 0 saturated carbocycles. The van der Waals surface area contributed by atoms with Gasteiger partial charge < -0.3 is 4.55 Å². The molecule has 1 heterocycles. The molecule has 0 fully saturated rings. The van der Waals surface area contributed by atoms with E-state index in [4.69, 9.17) is 11.6 Å². The van der Waals surface area contributed by atoms with Gasteiger partial charge in [-0.05, 0) is 17.1 Å². The number of rotatable bonds is 1. The van der Waals surface area contributed by atoms with Gasteiger partial charge >= 0.3 is 35.7 Å². The molecule has 0 saturated heterocycles. The van der Waals surface area contributed by atoms with Crippen LogP contribution in [0, 0.1) is 0 Å². The number of pyridine rings is 1. The molecule has 1 rings (SSSR count). The zero-order chi connectivity index (χ0) is 10.9. The van der Waals surface area contributed by atoms with Gasteiger partial charge in [-0.1, -0.05) is 11.6 Å². The van der Waals surface area contributed by atoms with Crippen molar-refractivity contribution < 1.29 is 51.5 Å². The second kappa shape index (κ2) is 5.60. The van der Waals surface area contributed by atoms with Crippen LogP contribution in [0.25, 0.3) is 0 Å². The quantitative estimate of drug-likeness (QED) is 0.372. The fourth-order valence-electron chi connectivity index (χ4n) is 0.719. The molecular formula is C6H2ClF3NNaO2S. The van der Waals surface area contributed by atoms with E-state index in [1.54, 1.807) is 0 Å². The molecule has 9 heteroatoms. The zero-order valence-corrected chi connectivity index (χ0v) is 10.9. The summed E-state index contributed by atoms with van der Waals surface area (Å²) >= 11 is 2.40. The predicted molar refractivity (Wildman–Crippen MR) is 41.4 cm³/mol. The van der Waals surface area contributed by atoms with Crippen LogP contribution in [0.1, 0.15) is 5.56 Å². The molecule has 0 amide bonds. The van der Waals surface area contributed by atoms with E-state index in [0.29, 0.717) is 6.07 Å². The molecule has 0 radical (unpaired) electrons. The molecule has 0 spiro atoms. The van der Waals surface area contributed by atoms with E-state index >= 15 is 0 Å². The van der Waals surface area contributed by atoms with Crippen molar-refractivity contribution in [3.63, 3.8) is 0 Å². The Morgan fingerprint density at radius 1 is 1.47 bits per heavy atom. The second-order valence-corrected chi connectivity index (χ2v) is 3.54. The minimum absolute atomic E-state index is 0. The number of nitrogens with zero attached hydrogens (tertiary/aromatic N) is 1. The fraction of sp³-hybridized carbons (Fsp3) is 0.167. The first-order valence-electron chi connectivity index (χ1n) is 3.14. The summed E-state index contributed by atoms with van der Waals surface area (Å²) in [5.41, 5.74) is -1.26. The van der Waals surface area contributed by atoms with Crippen molar-refractivity contribution in [3.8, 4) is 0 Å². The van der Waals surface area contributed by atoms with Crippen molar-refractivity contribution in [2.45, 2.75) is 11.1 Å². The van der Waals surface area contributed by atoms with Crippen LogP contribution in [-0.4, -0.2) is 13.7 Å². The van der Waals surface area contributed by atoms with E-state index in [9.17, 15) is 21.9 Å². The molecule has 1 atom stereocenters. The van der Waals surface area contributed by atoms with Gasteiger partial charge in [0, 0.05) is 11.1 Å². The van der Waals surface area contributed by atoms with E-state index in [1.807, 2.05) is 0 Å². The van der Waals surface area contributed by atoms with Crippen LogP contribution in [0.4, 0.5) is 13.2 Å². The molecule has 15 heavy (non-hydrogen) atoms. The maximum Gasteiger partial charge on any atom is 1.00 e. The molecule has 1 aromatic rings. The molecule has 0 aliphatic heterocycles. The monoisotopic (exact) mass is 267 g/mol. The second-order valence-electron chi connectivity index (χ2n) is 2.24. The first-order valence-corrected chi connectivity index (χ1v) is 4.59. The van der Waals surface area contributed by atoms with Crippen molar-refractivity contribution >= 4 is 22.7 Å². The number of halogens is 4. The largest absolute Gasteiger partial charge is 1.00 e.